The number of ether oxygens (including phenoxy) is 2. The summed E-state index contributed by atoms with van der Waals surface area (Å²) in [4.78, 5) is 4.47. The molecule has 0 amide bonds. The van der Waals surface area contributed by atoms with E-state index in [-0.39, 0.29) is 0 Å². The highest BCUT2D eigenvalue weighted by molar-refractivity contribution is 5.75. The van der Waals surface area contributed by atoms with Crippen molar-refractivity contribution in [3.8, 4) is 0 Å². The maximum absolute atomic E-state index is 9.99. The standard InChI is InChI=1S/C14H20N2O3/c1-11-15-13-5-3-4-6-14(13)16(11)9-12(17)10-19-8-7-18-2/h3-6,12,17H,7-10H2,1-2H3. The minimum Gasteiger partial charge on any atom is -0.389 e. The van der Waals surface area contributed by atoms with Gasteiger partial charge in [0.1, 0.15) is 5.82 Å². The average molecular weight is 264 g/mol. The lowest BCUT2D eigenvalue weighted by atomic mass is 10.3. The fraction of sp³-hybridized carbons (Fsp3) is 0.500. The first kappa shape index (κ1) is 14.0. The summed E-state index contributed by atoms with van der Waals surface area (Å²) in [5.74, 6) is 0.900. The first-order valence-corrected chi connectivity index (χ1v) is 6.39. The Bertz CT molecular complexity index is 524. The Labute approximate surface area is 112 Å². The summed E-state index contributed by atoms with van der Waals surface area (Å²) in [6.45, 7) is 3.77. The summed E-state index contributed by atoms with van der Waals surface area (Å²) in [6.07, 6.45) is -0.548. The van der Waals surface area contributed by atoms with E-state index >= 15 is 0 Å². The minimum absolute atomic E-state index is 0.301. The Morgan fingerprint density at radius 3 is 2.89 bits per heavy atom. The van der Waals surface area contributed by atoms with Crippen LogP contribution in [0.15, 0.2) is 24.3 Å². The number of rotatable bonds is 7. The van der Waals surface area contributed by atoms with Crippen molar-refractivity contribution in [1.29, 1.82) is 0 Å². The van der Waals surface area contributed by atoms with Crippen molar-refractivity contribution in [3.05, 3.63) is 30.1 Å². The number of aliphatic hydroxyl groups excluding tert-OH is 1. The molecule has 104 valence electrons. The molecular formula is C14H20N2O3. The van der Waals surface area contributed by atoms with Gasteiger partial charge < -0.3 is 19.1 Å². The molecule has 5 heteroatoms. The van der Waals surface area contributed by atoms with Crippen molar-refractivity contribution in [2.75, 3.05) is 26.9 Å². The van der Waals surface area contributed by atoms with Gasteiger partial charge in [-0.25, -0.2) is 4.98 Å². The fourth-order valence-corrected chi connectivity index (χ4v) is 2.05. The SMILES string of the molecule is COCCOCC(O)Cn1c(C)nc2ccccc21. The number of hydrogen-bond acceptors (Lipinski definition) is 4. The molecule has 0 saturated heterocycles. The second-order valence-corrected chi connectivity index (χ2v) is 4.48. The minimum atomic E-state index is -0.548. The number of methoxy groups -OCH3 is 1. The third kappa shape index (κ3) is 3.53. The van der Waals surface area contributed by atoms with E-state index in [1.807, 2.05) is 35.8 Å². The second kappa shape index (κ2) is 6.65. The number of aliphatic hydroxyl groups is 1. The Balaban J connectivity index is 1.98. The van der Waals surface area contributed by atoms with E-state index in [1.165, 1.54) is 0 Å². The Hall–Kier alpha value is -1.43. The summed E-state index contributed by atoms with van der Waals surface area (Å²) in [5.41, 5.74) is 1.99. The molecule has 0 spiro atoms. The van der Waals surface area contributed by atoms with Crippen LogP contribution in [0.1, 0.15) is 5.82 Å². The van der Waals surface area contributed by atoms with E-state index in [2.05, 4.69) is 4.98 Å². The highest BCUT2D eigenvalue weighted by Gasteiger charge is 2.11. The molecule has 0 bridgehead atoms. The van der Waals surface area contributed by atoms with E-state index in [9.17, 15) is 5.11 Å². The van der Waals surface area contributed by atoms with Gasteiger partial charge >= 0.3 is 0 Å². The van der Waals surface area contributed by atoms with Crippen molar-refractivity contribution in [3.63, 3.8) is 0 Å². The number of hydrogen-bond donors (Lipinski definition) is 1. The van der Waals surface area contributed by atoms with Gasteiger partial charge in [0.05, 0.1) is 43.5 Å². The average Bonchev–Trinajstić information content (AvgIpc) is 2.72. The number of nitrogens with zero attached hydrogens (tertiary/aromatic N) is 2. The van der Waals surface area contributed by atoms with Gasteiger partial charge in [-0.1, -0.05) is 12.1 Å². The van der Waals surface area contributed by atoms with Gasteiger partial charge in [0, 0.05) is 7.11 Å². The van der Waals surface area contributed by atoms with Gasteiger partial charge in [-0.2, -0.15) is 0 Å². The molecule has 1 unspecified atom stereocenters. The summed E-state index contributed by atoms with van der Waals surface area (Å²) >= 11 is 0. The van der Waals surface area contributed by atoms with E-state index in [0.717, 1.165) is 16.9 Å². The molecular weight excluding hydrogens is 244 g/mol. The topological polar surface area (TPSA) is 56.5 Å². The maximum atomic E-state index is 9.99. The predicted octanol–water partition coefficient (Wildman–Crippen LogP) is 1.37. The molecule has 0 aliphatic carbocycles. The molecule has 1 N–H and O–H groups in total. The lowest BCUT2D eigenvalue weighted by molar-refractivity contribution is 0.00743. The fourth-order valence-electron chi connectivity index (χ4n) is 2.05. The van der Waals surface area contributed by atoms with Gasteiger partial charge in [0.15, 0.2) is 0 Å². The first-order chi connectivity index (χ1) is 9.22. The Morgan fingerprint density at radius 1 is 1.32 bits per heavy atom. The molecule has 1 aromatic carbocycles. The lowest BCUT2D eigenvalue weighted by Crippen LogP contribution is -2.23. The zero-order chi connectivity index (χ0) is 13.7. The molecule has 0 saturated carbocycles. The molecule has 5 nitrogen and oxygen atoms in total. The number of aryl methyl sites for hydroxylation is 1. The molecule has 1 aromatic heterocycles. The van der Waals surface area contributed by atoms with E-state index in [0.29, 0.717) is 26.4 Å². The van der Waals surface area contributed by atoms with Crippen LogP contribution in [-0.2, 0) is 16.0 Å². The van der Waals surface area contributed by atoms with Crippen LogP contribution in [0.3, 0.4) is 0 Å². The summed E-state index contributed by atoms with van der Waals surface area (Å²) < 4.78 is 12.2. The van der Waals surface area contributed by atoms with Gasteiger partial charge in [0.2, 0.25) is 0 Å². The molecule has 0 fully saturated rings. The largest absolute Gasteiger partial charge is 0.389 e. The van der Waals surface area contributed by atoms with Crippen molar-refractivity contribution in [1.82, 2.24) is 9.55 Å². The highest BCUT2D eigenvalue weighted by Crippen LogP contribution is 2.15. The number of benzene rings is 1. The van der Waals surface area contributed by atoms with Gasteiger partial charge in [-0.3, -0.25) is 0 Å². The lowest BCUT2D eigenvalue weighted by Gasteiger charge is -2.13. The Kier molecular flexibility index (Phi) is 4.90. The van der Waals surface area contributed by atoms with Crippen LogP contribution in [0.5, 0.6) is 0 Å². The van der Waals surface area contributed by atoms with Crippen LogP contribution in [0, 0.1) is 6.92 Å². The summed E-state index contributed by atoms with van der Waals surface area (Å²) in [7, 11) is 1.63. The van der Waals surface area contributed by atoms with Crippen molar-refractivity contribution in [2.24, 2.45) is 0 Å². The number of imidazole rings is 1. The van der Waals surface area contributed by atoms with Crippen LogP contribution in [0.25, 0.3) is 11.0 Å². The monoisotopic (exact) mass is 264 g/mol. The van der Waals surface area contributed by atoms with E-state index < -0.39 is 6.10 Å². The zero-order valence-corrected chi connectivity index (χ0v) is 11.4. The molecule has 1 atom stereocenters. The molecule has 2 rings (SSSR count). The molecule has 0 aliphatic heterocycles. The summed E-state index contributed by atoms with van der Waals surface area (Å²) in [6, 6.07) is 7.92. The van der Waals surface area contributed by atoms with Crippen LogP contribution in [-0.4, -0.2) is 47.7 Å². The maximum Gasteiger partial charge on any atom is 0.106 e. The number of aromatic nitrogens is 2. The highest BCUT2D eigenvalue weighted by atomic mass is 16.5. The normalized spacial score (nSPS) is 13.0. The third-order valence-corrected chi connectivity index (χ3v) is 2.98. The van der Waals surface area contributed by atoms with Gasteiger partial charge in [-0.15, -0.1) is 0 Å². The third-order valence-electron chi connectivity index (χ3n) is 2.98. The number of fused-ring (bicyclic) bond motifs is 1. The zero-order valence-electron chi connectivity index (χ0n) is 11.4. The predicted molar refractivity (Wildman–Crippen MR) is 73.2 cm³/mol. The second-order valence-electron chi connectivity index (χ2n) is 4.48. The Morgan fingerprint density at radius 2 is 2.11 bits per heavy atom. The molecule has 2 aromatic rings. The smallest absolute Gasteiger partial charge is 0.106 e. The number of para-hydroxylation sites is 2. The summed E-state index contributed by atoms with van der Waals surface area (Å²) in [5, 5.41) is 9.99. The van der Waals surface area contributed by atoms with Gasteiger partial charge in [-0.05, 0) is 19.1 Å². The van der Waals surface area contributed by atoms with Crippen molar-refractivity contribution >= 4 is 11.0 Å². The quantitative estimate of drug-likeness (QED) is 0.767. The van der Waals surface area contributed by atoms with E-state index in [1.54, 1.807) is 7.11 Å². The molecule has 0 radical (unpaired) electrons. The van der Waals surface area contributed by atoms with Crippen molar-refractivity contribution in [2.45, 2.75) is 19.6 Å². The molecule has 1 heterocycles. The van der Waals surface area contributed by atoms with Crippen LogP contribution >= 0.6 is 0 Å². The molecule has 19 heavy (non-hydrogen) atoms. The van der Waals surface area contributed by atoms with Crippen LogP contribution in [0.4, 0.5) is 0 Å². The first-order valence-electron chi connectivity index (χ1n) is 6.39. The van der Waals surface area contributed by atoms with Crippen LogP contribution < -0.4 is 0 Å². The van der Waals surface area contributed by atoms with E-state index in [4.69, 9.17) is 9.47 Å². The van der Waals surface area contributed by atoms with Crippen molar-refractivity contribution < 1.29 is 14.6 Å². The van der Waals surface area contributed by atoms with Gasteiger partial charge in [0.25, 0.3) is 0 Å². The molecule has 0 aliphatic rings. The van der Waals surface area contributed by atoms with Crippen LogP contribution in [0.2, 0.25) is 0 Å².